The molecule has 2 aromatic carbocycles. The highest BCUT2D eigenvalue weighted by atomic mass is 16.5. The number of rotatable bonds is 8. The summed E-state index contributed by atoms with van der Waals surface area (Å²) in [5.41, 5.74) is 2.18. The summed E-state index contributed by atoms with van der Waals surface area (Å²) in [6.07, 6.45) is 0.733. The summed E-state index contributed by atoms with van der Waals surface area (Å²) in [6.45, 7) is 2.47. The minimum atomic E-state index is -0.166. The Bertz CT molecular complexity index is 685. The van der Waals surface area contributed by atoms with Gasteiger partial charge in [-0.05, 0) is 48.7 Å². The van der Waals surface area contributed by atoms with Crippen molar-refractivity contribution in [2.75, 3.05) is 27.4 Å². The normalized spacial score (nSPS) is 10.1. The second-order valence-electron chi connectivity index (χ2n) is 5.39. The summed E-state index contributed by atoms with van der Waals surface area (Å²) >= 11 is 0. The van der Waals surface area contributed by atoms with Crippen LogP contribution in [0.1, 0.15) is 11.1 Å². The highest BCUT2D eigenvalue weighted by Gasteiger charge is 2.07. The molecule has 0 fully saturated rings. The number of hydrogen-bond acceptors (Lipinski definition) is 4. The molecule has 0 bridgehead atoms. The first-order chi connectivity index (χ1) is 11.6. The van der Waals surface area contributed by atoms with Gasteiger partial charge in [0.2, 0.25) is 0 Å². The predicted molar refractivity (Wildman–Crippen MR) is 92.9 cm³/mol. The number of methoxy groups -OCH3 is 2. The number of carbonyl (C=O) groups is 1. The molecule has 1 amide bonds. The van der Waals surface area contributed by atoms with Gasteiger partial charge in [-0.25, -0.2) is 0 Å². The number of nitrogens with one attached hydrogen (secondary N) is 1. The van der Waals surface area contributed by atoms with Crippen molar-refractivity contribution in [2.45, 2.75) is 13.3 Å². The lowest BCUT2D eigenvalue weighted by Crippen LogP contribution is -2.30. The average molecular weight is 329 g/mol. The molecule has 24 heavy (non-hydrogen) atoms. The van der Waals surface area contributed by atoms with E-state index in [9.17, 15) is 4.79 Å². The summed E-state index contributed by atoms with van der Waals surface area (Å²) in [4.78, 5) is 11.9. The van der Waals surface area contributed by atoms with E-state index in [2.05, 4.69) is 5.32 Å². The maximum atomic E-state index is 11.9. The fourth-order valence-corrected chi connectivity index (χ4v) is 2.26. The van der Waals surface area contributed by atoms with Crippen LogP contribution in [0, 0.1) is 6.92 Å². The maximum Gasteiger partial charge on any atom is 0.257 e. The highest BCUT2D eigenvalue weighted by molar-refractivity contribution is 5.77. The lowest BCUT2D eigenvalue weighted by atomic mass is 10.1. The third-order valence-electron chi connectivity index (χ3n) is 3.55. The van der Waals surface area contributed by atoms with E-state index in [1.165, 1.54) is 0 Å². The first-order valence-corrected chi connectivity index (χ1v) is 7.79. The van der Waals surface area contributed by atoms with Gasteiger partial charge in [0.15, 0.2) is 18.1 Å². The molecule has 0 aliphatic heterocycles. The van der Waals surface area contributed by atoms with Gasteiger partial charge in [-0.15, -0.1) is 0 Å². The topological polar surface area (TPSA) is 56.8 Å². The maximum absolute atomic E-state index is 11.9. The minimum Gasteiger partial charge on any atom is -0.497 e. The number of carbonyl (C=O) groups excluding carboxylic acids is 1. The SMILES string of the molecule is COc1cccc(CCNC(=O)COc2ccc(C)cc2OC)c1. The zero-order valence-electron chi connectivity index (χ0n) is 14.3. The van der Waals surface area contributed by atoms with Crippen molar-refractivity contribution in [3.8, 4) is 17.2 Å². The fourth-order valence-electron chi connectivity index (χ4n) is 2.26. The molecule has 5 heteroatoms. The molecule has 0 spiro atoms. The van der Waals surface area contributed by atoms with Crippen LogP contribution in [-0.2, 0) is 11.2 Å². The van der Waals surface area contributed by atoms with Crippen LogP contribution in [0.4, 0.5) is 0 Å². The van der Waals surface area contributed by atoms with Gasteiger partial charge >= 0.3 is 0 Å². The molecule has 0 aliphatic carbocycles. The Balaban J connectivity index is 1.77. The monoisotopic (exact) mass is 329 g/mol. The van der Waals surface area contributed by atoms with Crippen LogP contribution in [0.15, 0.2) is 42.5 Å². The van der Waals surface area contributed by atoms with Crippen molar-refractivity contribution in [1.82, 2.24) is 5.32 Å². The fraction of sp³-hybridized carbons (Fsp3) is 0.316. The van der Waals surface area contributed by atoms with Gasteiger partial charge in [-0.2, -0.15) is 0 Å². The second-order valence-corrected chi connectivity index (χ2v) is 5.39. The molecule has 0 heterocycles. The Labute approximate surface area is 142 Å². The first-order valence-electron chi connectivity index (χ1n) is 7.79. The van der Waals surface area contributed by atoms with E-state index in [-0.39, 0.29) is 12.5 Å². The van der Waals surface area contributed by atoms with Crippen molar-refractivity contribution in [3.63, 3.8) is 0 Å². The van der Waals surface area contributed by atoms with Crippen LogP contribution in [0.2, 0.25) is 0 Å². The van der Waals surface area contributed by atoms with Gasteiger partial charge in [0.1, 0.15) is 5.75 Å². The van der Waals surface area contributed by atoms with Crippen LogP contribution in [0.3, 0.4) is 0 Å². The zero-order chi connectivity index (χ0) is 17.4. The molecule has 0 radical (unpaired) electrons. The molecule has 128 valence electrons. The Hall–Kier alpha value is -2.69. The molecular formula is C19H23NO4. The van der Waals surface area contributed by atoms with Crippen LogP contribution >= 0.6 is 0 Å². The number of ether oxygens (including phenoxy) is 3. The molecule has 0 atom stereocenters. The van der Waals surface area contributed by atoms with Crippen LogP contribution in [0.5, 0.6) is 17.2 Å². The van der Waals surface area contributed by atoms with E-state index in [1.54, 1.807) is 20.3 Å². The first kappa shape index (κ1) is 17.7. The number of amides is 1. The Kier molecular flexibility index (Phi) is 6.49. The van der Waals surface area contributed by atoms with Crippen LogP contribution in [0.25, 0.3) is 0 Å². The second kappa shape index (κ2) is 8.82. The molecule has 5 nitrogen and oxygen atoms in total. The Morgan fingerprint density at radius 2 is 1.88 bits per heavy atom. The van der Waals surface area contributed by atoms with Gasteiger partial charge < -0.3 is 19.5 Å². The standard InChI is InChI=1S/C19H23NO4/c1-14-7-8-17(18(11-14)23-3)24-13-19(21)20-10-9-15-5-4-6-16(12-15)22-2/h4-8,11-12H,9-10,13H2,1-3H3,(H,20,21). The van der Waals surface area contributed by atoms with Crippen LogP contribution in [-0.4, -0.2) is 33.3 Å². The lowest BCUT2D eigenvalue weighted by molar-refractivity contribution is -0.123. The van der Waals surface area contributed by atoms with Gasteiger partial charge in [0, 0.05) is 6.54 Å². The van der Waals surface area contributed by atoms with E-state index in [0.29, 0.717) is 18.0 Å². The molecule has 2 rings (SSSR count). The summed E-state index contributed by atoms with van der Waals surface area (Å²) in [7, 11) is 3.22. The van der Waals surface area contributed by atoms with Gasteiger partial charge in [-0.3, -0.25) is 4.79 Å². The van der Waals surface area contributed by atoms with E-state index >= 15 is 0 Å². The molecule has 0 aromatic heterocycles. The zero-order valence-corrected chi connectivity index (χ0v) is 14.3. The Morgan fingerprint density at radius 3 is 2.62 bits per heavy atom. The van der Waals surface area contributed by atoms with Crippen LogP contribution < -0.4 is 19.5 Å². The third-order valence-corrected chi connectivity index (χ3v) is 3.55. The number of hydrogen-bond donors (Lipinski definition) is 1. The lowest BCUT2D eigenvalue weighted by Gasteiger charge is -2.11. The summed E-state index contributed by atoms with van der Waals surface area (Å²) < 4.78 is 16.0. The molecular weight excluding hydrogens is 306 g/mol. The van der Waals surface area contributed by atoms with E-state index in [1.807, 2.05) is 43.3 Å². The van der Waals surface area contributed by atoms with Crippen molar-refractivity contribution in [1.29, 1.82) is 0 Å². The Morgan fingerprint density at radius 1 is 1.04 bits per heavy atom. The van der Waals surface area contributed by atoms with E-state index < -0.39 is 0 Å². The summed E-state index contributed by atoms with van der Waals surface area (Å²) in [5.74, 6) is 1.83. The summed E-state index contributed by atoms with van der Waals surface area (Å²) in [5, 5.41) is 2.84. The van der Waals surface area contributed by atoms with E-state index in [4.69, 9.17) is 14.2 Å². The van der Waals surface area contributed by atoms with Gasteiger partial charge in [0.05, 0.1) is 14.2 Å². The third kappa shape index (κ3) is 5.19. The van der Waals surface area contributed by atoms with Crippen molar-refractivity contribution < 1.29 is 19.0 Å². The predicted octanol–water partition coefficient (Wildman–Crippen LogP) is 2.75. The summed E-state index contributed by atoms with van der Waals surface area (Å²) in [6, 6.07) is 13.4. The van der Waals surface area contributed by atoms with Gasteiger partial charge in [-0.1, -0.05) is 18.2 Å². The minimum absolute atomic E-state index is 0.0441. The highest BCUT2D eigenvalue weighted by Crippen LogP contribution is 2.27. The molecule has 2 aromatic rings. The quantitative estimate of drug-likeness (QED) is 0.809. The van der Waals surface area contributed by atoms with E-state index in [0.717, 1.165) is 23.3 Å². The van der Waals surface area contributed by atoms with Crippen molar-refractivity contribution in [3.05, 3.63) is 53.6 Å². The molecule has 0 aliphatic rings. The smallest absolute Gasteiger partial charge is 0.257 e. The average Bonchev–Trinajstić information content (AvgIpc) is 2.60. The number of aryl methyl sites for hydroxylation is 1. The van der Waals surface area contributed by atoms with Crippen molar-refractivity contribution in [2.24, 2.45) is 0 Å². The largest absolute Gasteiger partial charge is 0.497 e. The van der Waals surface area contributed by atoms with Crippen molar-refractivity contribution >= 4 is 5.91 Å². The molecule has 1 N–H and O–H groups in total. The number of benzene rings is 2. The molecule has 0 saturated carbocycles. The van der Waals surface area contributed by atoms with Gasteiger partial charge in [0.25, 0.3) is 5.91 Å². The molecule has 0 saturated heterocycles. The molecule has 0 unspecified atom stereocenters.